The average molecular weight is 239 g/mol. The molecule has 0 spiro atoms. The van der Waals surface area contributed by atoms with Gasteiger partial charge in [0.05, 0.1) is 5.92 Å². The number of hydrogen-bond donors (Lipinski definition) is 1. The Morgan fingerprint density at radius 2 is 1.88 bits per heavy atom. The Morgan fingerprint density at radius 1 is 1.12 bits per heavy atom. The lowest BCUT2D eigenvalue weighted by atomic mass is 9.91. The maximum atomic E-state index is 11.9. The van der Waals surface area contributed by atoms with Crippen LogP contribution in [0.15, 0.2) is 0 Å². The fraction of sp³-hybridized carbons (Fsp3) is 0.846. The highest BCUT2D eigenvalue weighted by molar-refractivity contribution is 5.79. The molecule has 2 aliphatic rings. The topological polar surface area (TPSA) is 57.6 Å². The minimum absolute atomic E-state index is 0.0530. The van der Waals surface area contributed by atoms with Gasteiger partial charge in [-0.15, -0.1) is 0 Å². The number of amides is 1. The number of rotatable bonds is 2. The minimum atomic E-state index is -0.727. The Labute approximate surface area is 102 Å². The van der Waals surface area contributed by atoms with E-state index in [4.69, 9.17) is 0 Å². The molecule has 0 aromatic heterocycles. The van der Waals surface area contributed by atoms with E-state index < -0.39 is 5.97 Å². The lowest BCUT2D eigenvalue weighted by Crippen LogP contribution is -2.48. The van der Waals surface area contributed by atoms with Gasteiger partial charge in [-0.3, -0.25) is 9.59 Å². The summed E-state index contributed by atoms with van der Waals surface area (Å²) in [5.74, 6) is -0.913. The summed E-state index contributed by atoms with van der Waals surface area (Å²) in [6.07, 6.45) is 7.31. The molecule has 1 aliphatic carbocycles. The molecule has 0 aromatic rings. The van der Waals surface area contributed by atoms with E-state index >= 15 is 0 Å². The van der Waals surface area contributed by atoms with Crippen LogP contribution in [0.5, 0.6) is 0 Å². The summed E-state index contributed by atoms with van der Waals surface area (Å²) >= 11 is 0. The molecule has 0 bridgehead atoms. The lowest BCUT2D eigenvalue weighted by molar-refractivity contribution is -0.148. The number of nitrogens with zero attached hydrogens (tertiary/aromatic N) is 1. The van der Waals surface area contributed by atoms with Crippen LogP contribution in [0.1, 0.15) is 51.4 Å². The van der Waals surface area contributed by atoms with Crippen molar-refractivity contribution in [3.63, 3.8) is 0 Å². The standard InChI is InChI=1S/C13H21NO3/c15-12-8-4-5-9-14(12)11-7-3-1-2-6-10(11)13(16)17/h10-11H,1-9H2,(H,16,17). The SMILES string of the molecule is O=C(O)C1CCCCCC1N1CCCCC1=O. The quantitative estimate of drug-likeness (QED) is 0.750. The van der Waals surface area contributed by atoms with Gasteiger partial charge in [0.2, 0.25) is 5.91 Å². The van der Waals surface area contributed by atoms with Crippen LogP contribution in [-0.2, 0) is 9.59 Å². The number of piperidine rings is 1. The van der Waals surface area contributed by atoms with E-state index in [0.717, 1.165) is 51.5 Å². The van der Waals surface area contributed by atoms with Crippen molar-refractivity contribution in [2.24, 2.45) is 5.92 Å². The van der Waals surface area contributed by atoms with Crippen LogP contribution in [0.25, 0.3) is 0 Å². The Kier molecular flexibility index (Phi) is 4.02. The van der Waals surface area contributed by atoms with Crippen LogP contribution in [0.2, 0.25) is 0 Å². The molecule has 2 atom stereocenters. The zero-order chi connectivity index (χ0) is 12.3. The second-order valence-corrected chi connectivity index (χ2v) is 5.19. The van der Waals surface area contributed by atoms with E-state index in [1.54, 1.807) is 0 Å². The number of carbonyl (C=O) groups excluding carboxylic acids is 1. The fourth-order valence-corrected chi connectivity index (χ4v) is 3.13. The van der Waals surface area contributed by atoms with Crippen LogP contribution in [0.3, 0.4) is 0 Å². The summed E-state index contributed by atoms with van der Waals surface area (Å²) in [6.45, 7) is 0.757. The molecule has 0 aromatic carbocycles. The first-order valence-electron chi connectivity index (χ1n) is 6.72. The highest BCUT2D eigenvalue weighted by atomic mass is 16.4. The number of aliphatic carboxylic acids is 1. The first kappa shape index (κ1) is 12.4. The average Bonchev–Trinajstić information content (AvgIpc) is 2.55. The van der Waals surface area contributed by atoms with Crippen molar-refractivity contribution in [1.82, 2.24) is 4.90 Å². The summed E-state index contributed by atoms with van der Waals surface area (Å²) in [5, 5.41) is 9.31. The summed E-state index contributed by atoms with van der Waals surface area (Å²) in [6, 6.07) is -0.0530. The summed E-state index contributed by atoms with van der Waals surface area (Å²) < 4.78 is 0. The molecule has 2 rings (SSSR count). The van der Waals surface area contributed by atoms with Crippen LogP contribution in [0, 0.1) is 5.92 Å². The maximum absolute atomic E-state index is 11.9. The maximum Gasteiger partial charge on any atom is 0.308 e. The van der Waals surface area contributed by atoms with E-state index in [0.29, 0.717) is 6.42 Å². The van der Waals surface area contributed by atoms with Crippen LogP contribution >= 0.6 is 0 Å². The van der Waals surface area contributed by atoms with Gasteiger partial charge in [0.1, 0.15) is 0 Å². The monoisotopic (exact) mass is 239 g/mol. The number of likely N-dealkylation sites (tertiary alicyclic amines) is 1. The van der Waals surface area contributed by atoms with Gasteiger partial charge in [-0.25, -0.2) is 0 Å². The molecule has 1 saturated heterocycles. The molecule has 1 heterocycles. The molecule has 1 aliphatic heterocycles. The van der Waals surface area contributed by atoms with Crippen molar-refractivity contribution in [2.45, 2.75) is 57.4 Å². The number of carboxylic acid groups (broad SMARTS) is 1. The molecule has 0 radical (unpaired) electrons. The predicted octanol–water partition coefficient (Wildman–Crippen LogP) is 2.03. The van der Waals surface area contributed by atoms with Crippen LogP contribution in [0.4, 0.5) is 0 Å². The molecule has 2 unspecified atom stereocenters. The third-order valence-electron chi connectivity index (χ3n) is 4.06. The van der Waals surface area contributed by atoms with Gasteiger partial charge < -0.3 is 10.0 Å². The third kappa shape index (κ3) is 2.79. The molecular weight excluding hydrogens is 218 g/mol. The Morgan fingerprint density at radius 3 is 2.59 bits per heavy atom. The molecule has 4 nitrogen and oxygen atoms in total. The minimum Gasteiger partial charge on any atom is -0.481 e. The summed E-state index contributed by atoms with van der Waals surface area (Å²) in [7, 11) is 0. The highest BCUT2D eigenvalue weighted by Gasteiger charge is 2.36. The van der Waals surface area contributed by atoms with Crippen molar-refractivity contribution >= 4 is 11.9 Å². The van der Waals surface area contributed by atoms with Gasteiger partial charge in [-0.05, 0) is 25.7 Å². The fourth-order valence-electron chi connectivity index (χ4n) is 3.13. The van der Waals surface area contributed by atoms with Crippen molar-refractivity contribution in [2.75, 3.05) is 6.54 Å². The van der Waals surface area contributed by atoms with Gasteiger partial charge in [0, 0.05) is 19.0 Å². The van der Waals surface area contributed by atoms with Crippen molar-refractivity contribution in [3.05, 3.63) is 0 Å². The van der Waals surface area contributed by atoms with Gasteiger partial charge in [0.25, 0.3) is 0 Å². The third-order valence-corrected chi connectivity index (χ3v) is 4.06. The Balaban J connectivity index is 2.13. The second kappa shape index (κ2) is 5.52. The molecule has 1 saturated carbocycles. The number of carbonyl (C=O) groups is 2. The molecule has 1 amide bonds. The van der Waals surface area contributed by atoms with E-state index in [1.807, 2.05) is 4.90 Å². The number of hydrogen-bond acceptors (Lipinski definition) is 2. The second-order valence-electron chi connectivity index (χ2n) is 5.19. The smallest absolute Gasteiger partial charge is 0.308 e. The largest absolute Gasteiger partial charge is 0.481 e. The van der Waals surface area contributed by atoms with Crippen LogP contribution in [-0.4, -0.2) is 34.5 Å². The summed E-state index contributed by atoms with van der Waals surface area (Å²) in [4.78, 5) is 25.1. The number of carboxylic acids is 1. The molecular formula is C13H21NO3. The molecule has 4 heteroatoms. The van der Waals surface area contributed by atoms with E-state index in [1.165, 1.54) is 0 Å². The normalized spacial score (nSPS) is 31.1. The van der Waals surface area contributed by atoms with Gasteiger partial charge >= 0.3 is 5.97 Å². The zero-order valence-corrected chi connectivity index (χ0v) is 10.2. The van der Waals surface area contributed by atoms with E-state index in [9.17, 15) is 14.7 Å². The molecule has 1 N–H and O–H groups in total. The van der Waals surface area contributed by atoms with Gasteiger partial charge in [0.15, 0.2) is 0 Å². The predicted molar refractivity (Wildman–Crippen MR) is 63.6 cm³/mol. The zero-order valence-electron chi connectivity index (χ0n) is 10.2. The first-order valence-corrected chi connectivity index (χ1v) is 6.72. The van der Waals surface area contributed by atoms with E-state index in [-0.39, 0.29) is 17.9 Å². The Bertz CT molecular complexity index is 303. The van der Waals surface area contributed by atoms with Crippen molar-refractivity contribution < 1.29 is 14.7 Å². The lowest BCUT2D eigenvalue weighted by Gasteiger charge is -2.37. The van der Waals surface area contributed by atoms with Crippen molar-refractivity contribution in [3.8, 4) is 0 Å². The first-order chi connectivity index (χ1) is 8.20. The summed E-state index contributed by atoms with van der Waals surface area (Å²) in [5.41, 5.74) is 0. The van der Waals surface area contributed by atoms with Crippen LogP contribution < -0.4 is 0 Å². The molecule has 96 valence electrons. The van der Waals surface area contributed by atoms with E-state index in [2.05, 4.69) is 0 Å². The molecule has 17 heavy (non-hydrogen) atoms. The molecule has 2 fully saturated rings. The Hall–Kier alpha value is -1.06. The van der Waals surface area contributed by atoms with Gasteiger partial charge in [-0.1, -0.05) is 19.3 Å². The highest BCUT2D eigenvalue weighted by Crippen LogP contribution is 2.30. The van der Waals surface area contributed by atoms with Gasteiger partial charge in [-0.2, -0.15) is 0 Å². The van der Waals surface area contributed by atoms with Crippen molar-refractivity contribution in [1.29, 1.82) is 0 Å².